The zero-order valence-electron chi connectivity index (χ0n) is 9.92. The molecule has 0 atom stereocenters. The van der Waals surface area contributed by atoms with Gasteiger partial charge >= 0.3 is 5.97 Å². The van der Waals surface area contributed by atoms with Crippen LogP contribution < -0.4 is 4.90 Å². The second-order valence-electron chi connectivity index (χ2n) is 3.92. The molecule has 1 N–H and O–H groups in total. The van der Waals surface area contributed by atoms with Crippen LogP contribution in [-0.4, -0.2) is 28.6 Å². The van der Waals surface area contributed by atoms with Gasteiger partial charge in [0.2, 0.25) is 0 Å². The third kappa shape index (κ3) is 3.76. The van der Waals surface area contributed by atoms with E-state index in [-0.39, 0.29) is 12.5 Å². The van der Waals surface area contributed by atoms with E-state index in [4.69, 9.17) is 10.4 Å². The summed E-state index contributed by atoms with van der Waals surface area (Å²) in [6, 6.07) is 7.26. The monoisotopic (exact) mass is 233 g/mol. The lowest BCUT2D eigenvalue weighted by Gasteiger charge is -2.27. The van der Waals surface area contributed by atoms with Crippen LogP contribution in [0.15, 0.2) is 18.2 Å². The Hall–Kier alpha value is -2.09. The summed E-state index contributed by atoms with van der Waals surface area (Å²) in [6.07, 6.45) is 0.0522. The fourth-order valence-corrected chi connectivity index (χ4v) is 1.50. The zero-order valence-corrected chi connectivity index (χ0v) is 9.92. The van der Waals surface area contributed by atoms with Crippen molar-refractivity contribution in [1.29, 1.82) is 5.26 Å². The molecule has 1 aromatic heterocycles. The summed E-state index contributed by atoms with van der Waals surface area (Å²) < 4.78 is 0. The summed E-state index contributed by atoms with van der Waals surface area (Å²) >= 11 is 0. The number of carboxylic acids is 1. The van der Waals surface area contributed by atoms with Crippen LogP contribution in [0.3, 0.4) is 0 Å². The fourth-order valence-electron chi connectivity index (χ4n) is 1.50. The molecule has 0 spiro atoms. The fraction of sp³-hybridized carbons (Fsp3) is 0.417. The summed E-state index contributed by atoms with van der Waals surface area (Å²) in [5, 5.41) is 17.5. The molecule has 5 heteroatoms. The van der Waals surface area contributed by atoms with Gasteiger partial charge in [0.15, 0.2) is 0 Å². The van der Waals surface area contributed by atoms with Crippen molar-refractivity contribution in [3.8, 4) is 6.07 Å². The Balaban J connectivity index is 2.89. The summed E-state index contributed by atoms with van der Waals surface area (Å²) in [5.74, 6) is -0.201. The Morgan fingerprint density at radius 3 is 2.82 bits per heavy atom. The molecule has 17 heavy (non-hydrogen) atoms. The molecule has 0 radical (unpaired) electrons. The van der Waals surface area contributed by atoms with Crippen LogP contribution in [0.1, 0.15) is 26.0 Å². The summed E-state index contributed by atoms with van der Waals surface area (Å²) in [7, 11) is 0. The summed E-state index contributed by atoms with van der Waals surface area (Å²) in [6.45, 7) is 4.31. The van der Waals surface area contributed by atoms with Crippen molar-refractivity contribution < 1.29 is 9.90 Å². The van der Waals surface area contributed by atoms with Gasteiger partial charge in [-0.15, -0.1) is 0 Å². The van der Waals surface area contributed by atoms with E-state index in [9.17, 15) is 4.79 Å². The van der Waals surface area contributed by atoms with Crippen molar-refractivity contribution in [1.82, 2.24) is 4.98 Å². The van der Waals surface area contributed by atoms with Crippen LogP contribution in [-0.2, 0) is 4.79 Å². The Morgan fingerprint density at radius 1 is 1.59 bits per heavy atom. The van der Waals surface area contributed by atoms with Gasteiger partial charge in [0.1, 0.15) is 17.6 Å². The Morgan fingerprint density at radius 2 is 2.29 bits per heavy atom. The lowest BCUT2D eigenvalue weighted by Crippen LogP contribution is -2.33. The molecule has 0 saturated heterocycles. The first-order valence-corrected chi connectivity index (χ1v) is 5.40. The van der Waals surface area contributed by atoms with Gasteiger partial charge in [-0.25, -0.2) is 4.98 Å². The van der Waals surface area contributed by atoms with Gasteiger partial charge in [0.25, 0.3) is 0 Å². The molecule has 0 fully saturated rings. The number of hydrogen-bond acceptors (Lipinski definition) is 4. The second kappa shape index (κ2) is 5.85. The number of anilines is 1. The largest absolute Gasteiger partial charge is 0.481 e. The van der Waals surface area contributed by atoms with E-state index in [1.165, 1.54) is 0 Å². The molecule has 0 saturated carbocycles. The average Bonchev–Trinajstić information content (AvgIpc) is 2.28. The molecule has 0 aliphatic carbocycles. The minimum absolute atomic E-state index is 0.0522. The number of aromatic nitrogens is 1. The van der Waals surface area contributed by atoms with Crippen LogP contribution in [0.2, 0.25) is 0 Å². The molecule has 0 aliphatic heterocycles. The second-order valence-corrected chi connectivity index (χ2v) is 3.92. The number of aliphatic carboxylic acids is 1. The van der Waals surface area contributed by atoms with Crippen molar-refractivity contribution in [3.63, 3.8) is 0 Å². The molecule has 90 valence electrons. The number of nitriles is 1. The predicted molar refractivity (Wildman–Crippen MR) is 63.7 cm³/mol. The molecular formula is C12H15N3O2. The number of hydrogen-bond donors (Lipinski definition) is 1. The molecule has 0 bridgehead atoms. The Kier molecular flexibility index (Phi) is 4.46. The van der Waals surface area contributed by atoms with E-state index in [0.29, 0.717) is 18.1 Å². The average molecular weight is 233 g/mol. The molecule has 1 rings (SSSR count). The van der Waals surface area contributed by atoms with E-state index in [1.807, 2.05) is 24.8 Å². The molecule has 0 unspecified atom stereocenters. The number of carbonyl (C=O) groups is 1. The van der Waals surface area contributed by atoms with Crippen molar-refractivity contribution >= 4 is 11.8 Å². The van der Waals surface area contributed by atoms with Gasteiger partial charge in [-0.2, -0.15) is 5.26 Å². The first-order valence-electron chi connectivity index (χ1n) is 5.40. The van der Waals surface area contributed by atoms with Crippen LogP contribution in [0, 0.1) is 11.3 Å². The summed E-state index contributed by atoms with van der Waals surface area (Å²) in [5.41, 5.74) is 0.337. The van der Waals surface area contributed by atoms with Gasteiger partial charge in [-0.05, 0) is 26.0 Å². The third-order valence-corrected chi connectivity index (χ3v) is 2.33. The first kappa shape index (κ1) is 13.0. The van der Waals surface area contributed by atoms with Gasteiger partial charge in [0, 0.05) is 12.6 Å². The molecule has 0 amide bonds. The number of rotatable bonds is 5. The van der Waals surface area contributed by atoms with Crippen LogP contribution in [0.5, 0.6) is 0 Å². The van der Waals surface area contributed by atoms with Crippen LogP contribution in [0.25, 0.3) is 0 Å². The minimum Gasteiger partial charge on any atom is -0.481 e. The van der Waals surface area contributed by atoms with Crippen molar-refractivity contribution in [3.05, 3.63) is 23.9 Å². The molecule has 1 heterocycles. The molecule has 0 aliphatic rings. The SMILES string of the molecule is CC(C)N(CCC(=O)O)c1cccc(C#N)n1. The normalized spacial score (nSPS) is 10.0. The molecule has 0 aromatic carbocycles. The van der Waals surface area contributed by atoms with Crippen LogP contribution in [0.4, 0.5) is 5.82 Å². The molecule has 1 aromatic rings. The standard InChI is InChI=1S/C12H15N3O2/c1-9(2)15(7-6-12(16)17)11-5-3-4-10(8-13)14-11/h3-5,9H,6-7H2,1-2H3,(H,16,17). The molecule has 5 nitrogen and oxygen atoms in total. The van der Waals surface area contributed by atoms with Crippen molar-refractivity contribution in [2.75, 3.05) is 11.4 Å². The Labute approximate surface area is 100 Å². The highest BCUT2D eigenvalue weighted by Crippen LogP contribution is 2.14. The van der Waals surface area contributed by atoms with Crippen LogP contribution >= 0.6 is 0 Å². The minimum atomic E-state index is -0.841. The van der Waals surface area contributed by atoms with E-state index >= 15 is 0 Å². The topological polar surface area (TPSA) is 77.2 Å². The van der Waals surface area contributed by atoms with Gasteiger partial charge in [-0.1, -0.05) is 6.07 Å². The first-order chi connectivity index (χ1) is 8.04. The quantitative estimate of drug-likeness (QED) is 0.836. The van der Waals surface area contributed by atoms with E-state index < -0.39 is 5.97 Å². The zero-order chi connectivity index (χ0) is 12.8. The predicted octanol–water partition coefficient (Wildman–Crippen LogP) is 1.64. The number of carboxylic acid groups (broad SMARTS) is 1. The maximum absolute atomic E-state index is 10.6. The smallest absolute Gasteiger partial charge is 0.305 e. The van der Waals surface area contributed by atoms with Gasteiger partial charge in [-0.3, -0.25) is 4.79 Å². The highest BCUT2D eigenvalue weighted by Gasteiger charge is 2.13. The lowest BCUT2D eigenvalue weighted by molar-refractivity contribution is -0.136. The lowest BCUT2D eigenvalue weighted by atomic mass is 10.2. The third-order valence-electron chi connectivity index (χ3n) is 2.33. The molecular weight excluding hydrogens is 218 g/mol. The van der Waals surface area contributed by atoms with Crippen molar-refractivity contribution in [2.24, 2.45) is 0 Å². The van der Waals surface area contributed by atoms with Gasteiger partial charge in [0.05, 0.1) is 6.42 Å². The van der Waals surface area contributed by atoms with E-state index in [2.05, 4.69) is 4.98 Å². The highest BCUT2D eigenvalue weighted by atomic mass is 16.4. The highest BCUT2D eigenvalue weighted by molar-refractivity contribution is 5.67. The summed E-state index contributed by atoms with van der Waals surface area (Å²) in [4.78, 5) is 16.6. The maximum Gasteiger partial charge on any atom is 0.305 e. The van der Waals surface area contributed by atoms with E-state index in [1.54, 1.807) is 18.2 Å². The maximum atomic E-state index is 10.6. The Bertz CT molecular complexity index is 438. The number of nitrogens with zero attached hydrogens (tertiary/aromatic N) is 3. The van der Waals surface area contributed by atoms with Gasteiger partial charge < -0.3 is 10.0 Å². The van der Waals surface area contributed by atoms with E-state index in [0.717, 1.165) is 0 Å². The number of pyridine rings is 1. The van der Waals surface area contributed by atoms with Crippen molar-refractivity contribution in [2.45, 2.75) is 26.3 Å².